The minimum atomic E-state index is -0.130. The molecule has 3 heterocycles. The van der Waals surface area contributed by atoms with E-state index in [9.17, 15) is 4.79 Å². The molecule has 4 aromatic carbocycles. The molecule has 7 aromatic rings. The summed E-state index contributed by atoms with van der Waals surface area (Å²) in [4.78, 5) is 28.9. The Morgan fingerprint density at radius 1 is 0.543 bits per heavy atom. The van der Waals surface area contributed by atoms with Crippen LogP contribution in [0.4, 0.5) is 0 Å². The van der Waals surface area contributed by atoms with Gasteiger partial charge >= 0.3 is 0 Å². The monoisotopic (exact) mass is 450 g/mol. The second kappa shape index (κ2) is 7.57. The number of rotatable bonds is 2. The lowest BCUT2D eigenvalue weighted by Gasteiger charge is -2.15. The van der Waals surface area contributed by atoms with Crippen molar-refractivity contribution < 1.29 is 0 Å². The summed E-state index contributed by atoms with van der Waals surface area (Å²) in [6.45, 7) is 0. The van der Waals surface area contributed by atoms with Gasteiger partial charge in [-0.3, -0.25) is 9.20 Å². The van der Waals surface area contributed by atoms with E-state index in [1.54, 1.807) is 4.40 Å². The quantitative estimate of drug-likeness (QED) is 0.230. The Kier molecular flexibility index (Phi) is 4.23. The van der Waals surface area contributed by atoms with Crippen LogP contribution in [-0.2, 0) is 0 Å². The molecule has 0 fully saturated rings. The number of nitrogens with zero attached hydrogens (tertiary/aromatic N) is 4. The Hall–Kier alpha value is -4.90. The highest BCUT2D eigenvalue weighted by molar-refractivity contribution is 6.13. The van der Waals surface area contributed by atoms with Gasteiger partial charge in [0.15, 0.2) is 5.82 Å². The van der Waals surface area contributed by atoms with Crippen molar-refractivity contribution in [1.82, 2.24) is 19.4 Å². The molecule has 0 aliphatic rings. The number of aromatic nitrogens is 4. The maximum Gasteiger partial charge on any atom is 0.266 e. The van der Waals surface area contributed by atoms with Crippen molar-refractivity contribution >= 4 is 38.4 Å². The van der Waals surface area contributed by atoms with E-state index in [0.717, 1.165) is 27.4 Å². The summed E-state index contributed by atoms with van der Waals surface area (Å²) >= 11 is 0. The minimum Gasteiger partial charge on any atom is -0.268 e. The van der Waals surface area contributed by atoms with Gasteiger partial charge in [-0.15, -0.1) is 0 Å². The molecular formula is C30H18N4O. The summed E-state index contributed by atoms with van der Waals surface area (Å²) in [6.07, 6.45) is 0. The van der Waals surface area contributed by atoms with Gasteiger partial charge in [0.2, 0.25) is 0 Å². The first-order chi connectivity index (χ1) is 17.3. The third-order valence-corrected chi connectivity index (χ3v) is 6.39. The highest BCUT2D eigenvalue weighted by Gasteiger charge is 2.20. The van der Waals surface area contributed by atoms with Gasteiger partial charge in [-0.25, -0.2) is 15.0 Å². The summed E-state index contributed by atoms with van der Waals surface area (Å²) in [7, 11) is 0. The molecule has 164 valence electrons. The Balaban J connectivity index is 1.79. The van der Waals surface area contributed by atoms with Crippen LogP contribution in [0, 0.1) is 0 Å². The molecule has 5 nitrogen and oxygen atoms in total. The first-order valence-corrected chi connectivity index (χ1v) is 11.4. The van der Waals surface area contributed by atoms with Crippen LogP contribution in [0.3, 0.4) is 0 Å². The van der Waals surface area contributed by atoms with Gasteiger partial charge in [0, 0.05) is 21.9 Å². The van der Waals surface area contributed by atoms with Crippen molar-refractivity contribution in [2.45, 2.75) is 0 Å². The van der Waals surface area contributed by atoms with Crippen molar-refractivity contribution in [2.24, 2.45) is 0 Å². The van der Waals surface area contributed by atoms with Crippen LogP contribution in [0.25, 0.3) is 61.0 Å². The summed E-state index contributed by atoms with van der Waals surface area (Å²) in [6, 6.07) is 35.3. The fraction of sp³-hybridized carbons (Fsp3) is 0. The molecule has 0 radical (unpaired) electrons. The van der Waals surface area contributed by atoms with Gasteiger partial charge < -0.3 is 0 Å². The number of para-hydroxylation sites is 1. The third kappa shape index (κ3) is 2.95. The van der Waals surface area contributed by atoms with Crippen molar-refractivity contribution in [2.75, 3.05) is 0 Å². The molecule has 0 amide bonds. The maximum atomic E-state index is 14.0. The normalized spacial score (nSPS) is 11.5. The molecule has 0 aliphatic heterocycles. The Bertz CT molecular complexity index is 1960. The zero-order valence-electron chi connectivity index (χ0n) is 18.6. The first-order valence-electron chi connectivity index (χ1n) is 11.4. The van der Waals surface area contributed by atoms with Crippen molar-refractivity contribution in [1.29, 1.82) is 0 Å². The SMILES string of the molecule is O=c1c2ccccc2nc2c3ccccc3c3nc(-c4ccccc4)nc(-c4ccccc4)c3n12. The predicted molar refractivity (Wildman–Crippen MR) is 140 cm³/mol. The topological polar surface area (TPSA) is 60.2 Å². The molecule has 0 atom stereocenters. The van der Waals surface area contributed by atoms with E-state index in [1.165, 1.54) is 0 Å². The van der Waals surface area contributed by atoms with Crippen LogP contribution in [0.2, 0.25) is 0 Å². The number of pyridine rings is 1. The highest BCUT2D eigenvalue weighted by Crippen LogP contribution is 2.34. The summed E-state index contributed by atoms with van der Waals surface area (Å²) in [5.41, 5.74) is 5.05. The van der Waals surface area contributed by atoms with Crippen molar-refractivity contribution in [3.05, 3.63) is 120 Å². The number of hydrogen-bond acceptors (Lipinski definition) is 4. The third-order valence-electron chi connectivity index (χ3n) is 6.39. The zero-order chi connectivity index (χ0) is 23.4. The van der Waals surface area contributed by atoms with Crippen LogP contribution < -0.4 is 5.56 Å². The van der Waals surface area contributed by atoms with E-state index >= 15 is 0 Å². The average molecular weight is 451 g/mol. The molecule has 0 unspecified atom stereocenters. The van der Waals surface area contributed by atoms with Crippen molar-refractivity contribution in [3.8, 4) is 22.6 Å². The van der Waals surface area contributed by atoms with Gasteiger partial charge in [0.1, 0.15) is 11.2 Å². The van der Waals surface area contributed by atoms with E-state index < -0.39 is 0 Å². The van der Waals surface area contributed by atoms with Gasteiger partial charge in [0.25, 0.3) is 5.56 Å². The molecule has 0 aliphatic carbocycles. The van der Waals surface area contributed by atoms with Crippen LogP contribution in [0.15, 0.2) is 114 Å². The van der Waals surface area contributed by atoms with Crippen molar-refractivity contribution in [3.63, 3.8) is 0 Å². The molecule has 0 N–H and O–H groups in total. The predicted octanol–water partition coefficient (Wildman–Crippen LogP) is 6.28. The van der Waals surface area contributed by atoms with E-state index in [1.807, 2.05) is 109 Å². The molecule has 0 saturated carbocycles. The summed E-state index contributed by atoms with van der Waals surface area (Å²) in [5.74, 6) is 0.614. The summed E-state index contributed by atoms with van der Waals surface area (Å²) in [5, 5.41) is 2.37. The lowest BCUT2D eigenvalue weighted by Crippen LogP contribution is -2.18. The van der Waals surface area contributed by atoms with Crippen LogP contribution >= 0.6 is 0 Å². The zero-order valence-corrected chi connectivity index (χ0v) is 18.6. The second-order valence-electron chi connectivity index (χ2n) is 8.46. The molecule has 35 heavy (non-hydrogen) atoms. The maximum absolute atomic E-state index is 14.0. The van der Waals surface area contributed by atoms with E-state index in [-0.39, 0.29) is 5.56 Å². The standard InChI is InChI=1S/C30H18N4O/c35-30-23-17-9-10-18-24(23)31-29-22-16-8-7-15-21(22)26-27(34(29)30)25(19-11-3-1-4-12-19)32-28(33-26)20-13-5-2-6-14-20/h1-18H. The van der Waals surface area contributed by atoms with Gasteiger partial charge in [0.05, 0.1) is 22.1 Å². The van der Waals surface area contributed by atoms with Crippen LogP contribution in [-0.4, -0.2) is 19.4 Å². The largest absolute Gasteiger partial charge is 0.268 e. The molecular weight excluding hydrogens is 432 g/mol. The van der Waals surface area contributed by atoms with E-state index in [2.05, 4.69) is 0 Å². The molecule has 0 bridgehead atoms. The Labute approximate surface area is 200 Å². The first kappa shape index (κ1) is 19.6. The number of hydrogen-bond donors (Lipinski definition) is 0. The second-order valence-corrected chi connectivity index (χ2v) is 8.46. The smallest absolute Gasteiger partial charge is 0.266 e. The van der Waals surface area contributed by atoms with Gasteiger partial charge in [-0.05, 0) is 12.1 Å². The minimum absolute atomic E-state index is 0.130. The fourth-order valence-corrected chi connectivity index (χ4v) is 4.77. The van der Waals surface area contributed by atoms with Gasteiger partial charge in [-0.2, -0.15) is 0 Å². The molecule has 0 saturated heterocycles. The molecule has 0 spiro atoms. The fourth-order valence-electron chi connectivity index (χ4n) is 4.77. The highest BCUT2D eigenvalue weighted by atomic mass is 16.1. The number of fused-ring (bicyclic) bond motifs is 7. The van der Waals surface area contributed by atoms with Crippen LogP contribution in [0.5, 0.6) is 0 Å². The van der Waals surface area contributed by atoms with E-state index in [0.29, 0.717) is 33.6 Å². The summed E-state index contributed by atoms with van der Waals surface area (Å²) < 4.78 is 1.69. The van der Waals surface area contributed by atoms with Gasteiger partial charge in [-0.1, -0.05) is 97.1 Å². The average Bonchev–Trinajstić information content (AvgIpc) is 2.93. The van der Waals surface area contributed by atoms with E-state index in [4.69, 9.17) is 15.0 Å². The molecule has 3 aromatic heterocycles. The lowest BCUT2D eigenvalue weighted by molar-refractivity contribution is 1.11. The Morgan fingerprint density at radius 3 is 1.89 bits per heavy atom. The molecule has 5 heteroatoms. The lowest BCUT2D eigenvalue weighted by atomic mass is 10.0. The Morgan fingerprint density at radius 2 is 1.14 bits per heavy atom. The van der Waals surface area contributed by atoms with Crippen LogP contribution in [0.1, 0.15) is 0 Å². The number of benzene rings is 4. The molecule has 7 rings (SSSR count).